The largest absolute Gasteiger partial charge is 0.378 e. The lowest BCUT2D eigenvalue weighted by Gasteiger charge is -2.17. The highest BCUT2D eigenvalue weighted by atomic mass is 16.5. The molecule has 0 aromatic rings. The molecule has 13 heavy (non-hydrogen) atoms. The van der Waals surface area contributed by atoms with E-state index < -0.39 is 0 Å². The summed E-state index contributed by atoms with van der Waals surface area (Å²) in [5.74, 6) is 0.517. The van der Waals surface area contributed by atoms with Gasteiger partial charge in [0.05, 0.1) is 12.7 Å². The predicted octanol–water partition coefficient (Wildman–Crippen LogP) is 2.32. The molecular formula is C11H23NO. The Morgan fingerprint density at radius 3 is 2.38 bits per heavy atom. The average molecular weight is 185 g/mol. The van der Waals surface area contributed by atoms with E-state index in [9.17, 15) is 0 Å². The molecule has 1 saturated carbocycles. The van der Waals surface area contributed by atoms with Crippen molar-refractivity contribution in [2.45, 2.75) is 51.6 Å². The van der Waals surface area contributed by atoms with Crippen molar-refractivity contribution in [2.24, 2.45) is 11.7 Å². The van der Waals surface area contributed by atoms with E-state index >= 15 is 0 Å². The molecule has 0 aromatic heterocycles. The standard InChI is InChI=1S/C11H23NO/c1-10(8-12)9-13-11-6-4-2-3-5-7-11/h10-11H,2-9,12H2,1H3. The van der Waals surface area contributed by atoms with Crippen molar-refractivity contribution in [2.75, 3.05) is 13.2 Å². The molecule has 1 aliphatic rings. The summed E-state index contributed by atoms with van der Waals surface area (Å²) in [5.41, 5.74) is 5.54. The van der Waals surface area contributed by atoms with Crippen molar-refractivity contribution in [3.63, 3.8) is 0 Å². The highest BCUT2D eigenvalue weighted by Crippen LogP contribution is 2.20. The number of hydrogen-bond donors (Lipinski definition) is 1. The summed E-state index contributed by atoms with van der Waals surface area (Å²) in [6, 6.07) is 0. The first-order chi connectivity index (χ1) is 6.33. The molecule has 0 radical (unpaired) electrons. The molecule has 0 spiro atoms. The van der Waals surface area contributed by atoms with Crippen molar-refractivity contribution < 1.29 is 4.74 Å². The molecule has 0 aliphatic heterocycles. The summed E-state index contributed by atoms with van der Waals surface area (Å²) >= 11 is 0. The average Bonchev–Trinajstić information content (AvgIpc) is 2.42. The number of rotatable bonds is 4. The van der Waals surface area contributed by atoms with Crippen LogP contribution in [0, 0.1) is 5.92 Å². The lowest BCUT2D eigenvalue weighted by atomic mass is 10.1. The third-order valence-corrected chi connectivity index (χ3v) is 2.82. The third-order valence-electron chi connectivity index (χ3n) is 2.82. The van der Waals surface area contributed by atoms with E-state index in [0.717, 1.165) is 13.2 Å². The van der Waals surface area contributed by atoms with Crippen LogP contribution in [0.2, 0.25) is 0 Å². The topological polar surface area (TPSA) is 35.2 Å². The van der Waals surface area contributed by atoms with Crippen LogP contribution in [0.15, 0.2) is 0 Å². The first-order valence-corrected chi connectivity index (χ1v) is 5.64. The molecule has 1 aliphatic carbocycles. The Morgan fingerprint density at radius 1 is 1.23 bits per heavy atom. The maximum absolute atomic E-state index is 5.84. The molecule has 1 fully saturated rings. The molecule has 0 bridgehead atoms. The molecule has 1 unspecified atom stereocenters. The van der Waals surface area contributed by atoms with Crippen LogP contribution in [-0.4, -0.2) is 19.3 Å². The lowest BCUT2D eigenvalue weighted by Crippen LogP contribution is -2.21. The smallest absolute Gasteiger partial charge is 0.0575 e. The van der Waals surface area contributed by atoms with E-state index in [1.165, 1.54) is 38.5 Å². The first-order valence-electron chi connectivity index (χ1n) is 5.64. The summed E-state index contributed by atoms with van der Waals surface area (Å²) in [6.45, 7) is 3.74. The van der Waals surface area contributed by atoms with Gasteiger partial charge < -0.3 is 10.5 Å². The van der Waals surface area contributed by atoms with Crippen molar-refractivity contribution in [3.05, 3.63) is 0 Å². The number of hydrogen-bond acceptors (Lipinski definition) is 2. The zero-order valence-electron chi connectivity index (χ0n) is 8.80. The number of nitrogens with two attached hydrogens (primary N) is 1. The molecule has 1 atom stereocenters. The van der Waals surface area contributed by atoms with E-state index in [-0.39, 0.29) is 0 Å². The number of ether oxygens (including phenoxy) is 1. The van der Waals surface area contributed by atoms with Crippen molar-refractivity contribution >= 4 is 0 Å². The summed E-state index contributed by atoms with van der Waals surface area (Å²) in [5, 5.41) is 0. The maximum atomic E-state index is 5.84. The van der Waals surface area contributed by atoms with Crippen LogP contribution in [0.5, 0.6) is 0 Å². The fourth-order valence-corrected chi connectivity index (χ4v) is 1.78. The molecule has 2 heteroatoms. The van der Waals surface area contributed by atoms with Gasteiger partial charge >= 0.3 is 0 Å². The summed E-state index contributed by atoms with van der Waals surface area (Å²) in [7, 11) is 0. The van der Waals surface area contributed by atoms with Gasteiger partial charge in [0.1, 0.15) is 0 Å². The monoisotopic (exact) mass is 185 g/mol. The second-order valence-electron chi connectivity index (χ2n) is 4.29. The second kappa shape index (κ2) is 6.39. The summed E-state index contributed by atoms with van der Waals surface area (Å²) in [6.07, 6.45) is 8.53. The van der Waals surface area contributed by atoms with Gasteiger partial charge in [-0.15, -0.1) is 0 Å². The summed E-state index contributed by atoms with van der Waals surface area (Å²) in [4.78, 5) is 0. The highest BCUT2D eigenvalue weighted by molar-refractivity contribution is 4.64. The Bertz CT molecular complexity index is 119. The lowest BCUT2D eigenvalue weighted by molar-refractivity contribution is 0.0253. The van der Waals surface area contributed by atoms with Gasteiger partial charge in [-0.2, -0.15) is 0 Å². The molecule has 2 N–H and O–H groups in total. The molecule has 2 nitrogen and oxygen atoms in total. The zero-order chi connectivity index (χ0) is 9.52. The zero-order valence-corrected chi connectivity index (χ0v) is 8.80. The molecule has 0 aromatic carbocycles. The van der Waals surface area contributed by atoms with Crippen molar-refractivity contribution in [1.29, 1.82) is 0 Å². The van der Waals surface area contributed by atoms with Gasteiger partial charge in [-0.05, 0) is 25.3 Å². The third kappa shape index (κ3) is 4.63. The normalized spacial score (nSPS) is 22.6. The van der Waals surface area contributed by atoms with E-state index in [0.29, 0.717) is 12.0 Å². The van der Waals surface area contributed by atoms with Crippen molar-refractivity contribution in [3.8, 4) is 0 Å². The Morgan fingerprint density at radius 2 is 1.85 bits per heavy atom. The minimum atomic E-state index is 0.517. The quantitative estimate of drug-likeness (QED) is 0.682. The van der Waals surface area contributed by atoms with Crippen LogP contribution in [0.4, 0.5) is 0 Å². The molecule has 0 amide bonds. The van der Waals surface area contributed by atoms with Crippen molar-refractivity contribution in [1.82, 2.24) is 0 Å². The predicted molar refractivity (Wildman–Crippen MR) is 55.7 cm³/mol. The fourth-order valence-electron chi connectivity index (χ4n) is 1.78. The first kappa shape index (κ1) is 11.0. The van der Waals surface area contributed by atoms with Crippen LogP contribution >= 0.6 is 0 Å². The van der Waals surface area contributed by atoms with Crippen LogP contribution < -0.4 is 5.73 Å². The van der Waals surface area contributed by atoms with Crippen LogP contribution in [-0.2, 0) is 4.74 Å². The van der Waals surface area contributed by atoms with Gasteiger partial charge in [-0.25, -0.2) is 0 Å². The van der Waals surface area contributed by atoms with Gasteiger partial charge in [0.2, 0.25) is 0 Å². The minimum Gasteiger partial charge on any atom is -0.378 e. The fraction of sp³-hybridized carbons (Fsp3) is 1.00. The van der Waals surface area contributed by atoms with E-state index in [4.69, 9.17) is 10.5 Å². The summed E-state index contributed by atoms with van der Waals surface area (Å²) < 4.78 is 5.84. The van der Waals surface area contributed by atoms with Gasteiger partial charge in [0.25, 0.3) is 0 Å². The van der Waals surface area contributed by atoms with E-state index in [1.54, 1.807) is 0 Å². The minimum absolute atomic E-state index is 0.517. The van der Waals surface area contributed by atoms with Crippen LogP contribution in [0.3, 0.4) is 0 Å². The SMILES string of the molecule is CC(CN)COC1CCCCCC1. The highest BCUT2D eigenvalue weighted by Gasteiger charge is 2.13. The Hall–Kier alpha value is -0.0800. The Labute approximate surface area is 81.8 Å². The maximum Gasteiger partial charge on any atom is 0.0575 e. The molecular weight excluding hydrogens is 162 g/mol. The van der Waals surface area contributed by atoms with Crippen LogP contribution in [0.1, 0.15) is 45.4 Å². The van der Waals surface area contributed by atoms with Gasteiger partial charge in [0.15, 0.2) is 0 Å². The molecule has 0 heterocycles. The molecule has 0 saturated heterocycles. The van der Waals surface area contributed by atoms with Gasteiger partial charge in [-0.3, -0.25) is 0 Å². The van der Waals surface area contributed by atoms with E-state index in [1.807, 2.05) is 0 Å². The molecule has 78 valence electrons. The van der Waals surface area contributed by atoms with Gasteiger partial charge in [0, 0.05) is 0 Å². The molecule has 1 rings (SSSR count). The van der Waals surface area contributed by atoms with Crippen LogP contribution in [0.25, 0.3) is 0 Å². The second-order valence-corrected chi connectivity index (χ2v) is 4.29. The Balaban J connectivity index is 2.11. The van der Waals surface area contributed by atoms with Gasteiger partial charge in [-0.1, -0.05) is 32.6 Å². The van der Waals surface area contributed by atoms with E-state index in [2.05, 4.69) is 6.92 Å². The Kier molecular flexibility index (Phi) is 5.40.